The maximum Gasteiger partial charge on any atom is 0.272 e. The van der Waals surface area contributed by atoms with Gasteiger partial charge in [-0.25, -0.2) is 4.98 Å². The van der Waals surface area contributed by atoms with Crippen LogP contribution in [0.3, 0.4) is 0 Å². The molecule has 32 heavy (non-hydrogen) atoms. The molecule has 0 spiro atoms. The van der Waals surface area contributed by atoms with Crippen LogP contribution in [0.2, 0.25) is 0 Å². The Morgan fingerprint density at radius 1 is 1.00 bits per heavy atom. The van der Waals surface area contributed by atoms with E-state index in [2.05, 4.69) is 17.0 Å². The van der Waals surface area contributed by atoms with Crippen molar-refractivity contribution in [3.63, 3.8) is 0 Å². The largest absolute Gasteiger partial charge is 0.356 e. The number of rotatable bonds is 4. The molecule has 2 fully saturated rings. The lowest BCUT2D eigenvalue weighted by Gasteiger charge is -2.27. The predicted molar refractivity (Wildman–Crippen MR) is 124 cm³/mol. The first-order valence-corrected chi connectivity index (χ1v) is 11.5. The first-order valence-electron chi connectivity index (χ1n) is 11.5. The van der Waals surface area contributed by atoms with Crippen molar-refractivity contribution in [1.82, 2.24) is 19.5 Å². The Labute approximate surface area is 187 Å². The van der Waals surface area contributed by atoms with Gasteiger partial charge in [0.2, 0.25) is 0 Å². The Balaban J connectivity index is 1.58. The zero-order valence-corrected chi connectivity index (χ0v) is 18.4. The fourth-order valence-electron chi connectivity index (χ4n) is 4.80. The van der Waals surface area contributed by atoms with Crippen LogP contribution in [-0.4, -0.2) is 51.1 Å². The molecule has 3 aromatic rings. The molecule has 1 atom stereocenters. The molecule has 0 N–H and O–H groups in total. The SMILES string of the molecule is CC1CCCCCN1C(=O)c1cc(N2CCCC2)n2nc(-c3ccc(N=O)cc3)cc2n1. The summed E-state index contributed by atoms with van der Waals surface area (Å²) in [6.07, 6.45) is 6.68. The molecule has 1 amide bonds. The fraction of sp³-hybridized carbons (Fsp3) is 0.458. The van der Waals surface area contributed by atoms with Crippen LogP contribution < -0.4 is 4.90 Å². The van der Waals surface area contributed by atoms with Gasteiger partial charge < -0.3 is 9.80 Å². The summed E-state index contributed by atoms with van der Waals surface area (Å²) >= 11 is 0. The molecule has 1 aromatic carbocycles. The molecule has 4 heterocycles. The number of hydrogen-bond acceptors (Lipinski definition) is 6. The van der Waals surface area contributed by atoms with Crippen molar-refractivity contribution in [3.8, 4) is 11.3 Å². The first-order chi connectivity index (χ1) is 15.6. The Morgan fingerprint density at radius 2 is 1.75 bits per heavy atom. The van der Waals surface area contributed by atoms with Crippen LogP contribution in [0.15, 0.2) is 41.6 Å². The second-order valence-electron chi connectivity index (χ2n) is 8.83. The van der Waals surface area contributed by atoms with Gasteiger partial charge in [0.25, 0.3) is 5.91 Å². The maximum absolute atomic E-state index is 13.5. The van der Waals surface area contributed by atoms with E-state index < -0.39 is 0 Å². The van der Waals surface area contributed by atoms with E-state index in [0.29, 0.717) is 17.0 Å². The summed E-state index contributed by atoms with van der Waals surface area (Å²) in [5.74, 6) is 0.919. The molecule has 8 heteroatoms. The van der Waals surface area contributed by atoms with Gasteiger partial charge in [-0.3, -0.25) is 4.79 Å². The zero-order valence-electron chi connectivity index (χ0n) is 18.4. The number of amides is 1. The van der Waals surface area contributed by atoms with Gasteiger partial charge in [0.1, 0.15) is 17.2 Å². The molecular weight excluding hydrogens is 404 g/mol. The van der Waals surface area contributed by atoms with E-state index in [9.17, 15) is 9.70 Å². The van der Waals surface area contributed by atoms with Crippen LogP contribution in [0.4, 0.5) is 11.5 Å². The minimum atomic E-state index is 0.00603. The third-order valence-corrected chi connectivity index (χ3v) is 6.64. The highest BCUT2D eigenvalue weighted by Crippen LogP contribution is 2.28. The predicted octanol–water partition coefficient (Wildman–Crippen LogP) is 4.80. The van der Waals surface area contributed by atoms with Crippen LogP contribution >= 0.6 is 0 Å². The number of likely N-dealkylation sites (tertiary alicyclic amines) is 1. The summed E-state index contributed by atoms with van der Waals surface area (Å²) in [5, 5.41) is 7.77. The second kappa shape index (κ2) is 8.68. The highest BCUT2D eigenvalue weighted by molar-refractivity contribution is 5.94. The van der Waals surface area contributed by atoms with Gasteiger partial charge in [0.15, 0.2) is 5.65 Å². The van der Waals surface area contributed by atoms with Crippen molar-refractivity contribution in [2.45, 2.75) is 51.5 Å². The maximum atomic E-state index is 13.5. The Bertz CT molecular complexity index is 1130. The zero-order chi connectivity index (χ0) is 22.1. The van der Waals surface area contributed by atoms with Crippen molar-refractivity contribution in [3.05, 3.63) is 47.0 Å². The van der Waals surface area contributed by atoms with Crippen molar-refractivity contribution < 1.29 is 4.79 Å². The third-order valence-electron chi connectivity index (χ3n) is 6.64. The Kier molecular flexibility index (Phi) is 5.59. The summed E-state index contributed by atoms with van der Waals surface area (Å²) in [6.45, 7) is 4.81. The number of anilines is 1. The van der Waals surface area contributed by atoms with E-state index in [1.54, 1.807) is 12.1 Å². The molecule has 8 nitrogen and oxygen atoms in total. The Hall–Kier alpha value is -3.29. The molecule has 166 valence electrons. The number of carbonyl (C=O) groups is 1. The minimum Gasteiger partial charge on any atom is -0.356 e. The van der Waals surface area contributed by atoms with Crippen LogP contribution in [-0.2, 0) is 0 Å². The molecule has 0 saturated carbocycles. The normalized spacial score (nSPS) is 19.3. The van der Waals surface area contributed by atoms with E-state index in [1.807, 2.05) is 33.7 Å². The molecule has 2 aliphatic heterocycles. The summed E-state index contributed by atoms with van der Waals surface area (Å²) in [5.41, 5.74) is 3.16. The number of nitroso groups, excluding NO2 is 1. The fourth-order valence-corrected chi connectivity index (χ4v) is 4.80. The van der Waals surface area contributed by atoms with Gasteiger partial charge in [-0.05, 0) is 49.9 Å². The van der Waals surface area contributed by atoms with E-state index in [4.69, 9.17) is 10.1 Å². The summed E-state index contributed by atoms with van der Waals surface area (Å²) < 4.78 is 1.84. The second-order valence-corrected chi connectivity index (χ2v) is 8.83. The molecule has 2 saturated heterocycles. The number of carbonyl (C=O) groups excluding carboxylic acids is 1. The molecule has 2 aromatic heterocycles. The topological polar surface area (TPSA) is 83.2 Å². The van der Waals surface area contributed by atoms with Crippen LogP contribution in [0.5, 0.6) is 0 Å². The standard InChI is InChI=1S/C24H28N6O2/c1-17-7-3-2-4-14-29(17)24(31)21-16-23(28-12-5-6-13-28)30-22(25-21)15-20(26-30)18-8-10-19(27-32)11-9-18/h8-11,15-17H,2-7,12-14H2,1H3. The van der Waals surface area contributed by atoms with Crippen molar-refractivity contribution in [1.29, 1.82) is 0 Å². The lowest BCUT2D eigenvalue weighted by molar-refractivity contribution is 0.0692. The minimum absolute atomic E-state index is 0.00603. The molecule has 0 bridgehead atoms. The molecule has 2 aliphatic rings. The third kappa shape index (κ3) is 3.85. The van der Waals surface area contributed by atoms with Gasteiger partial charge >= 0.3 is 0 Å². The molecule has 1 unspecified atom stereocenters. The van der Waals surface area contributed by atoms with Gasteiger partial charge in [-0.15, -0.1) is 4.91 Å². The lowest BCUT2D eigenvalue weighted by atomic mass is 10.1. The van der Waals surface area contributed by atoms with Gasteiger partial charge in [-0.2, -0.15) is 9.61 Å². The van der Waals surface area contributed by atoms with Crippen molar-refractivity contribution in [2.75, 3.05) is 24.5 Å². The number of nitrogens with zero attached hydrogens (tertiary/aromatic N) is 6. The Morgan fingerprint density at radius 3 is 2.50 bits per heavy atom. The number of aromatic nitrogens is 3. The van der Waals surface area contributed by atoms with Gasteiger partial charge in [0.05, 0.1) is 5.69 Å². The summed E-state index contributed by atoms with van der Waals surface area (Å²) in [6, 6.07) is 11.1. The summed E-state index contributed by atoms with van der Waals surface area (Å²) in [7, 11) is 0. The van der Waals surface area contributed by atoms with E-state index >= 15 is 0 Å². The molecule has 0 aliphatic carbocycles. The number of benzene rings is 1. The van der Waals surface area contributed by atoms with Crippen LogP contribution in [0, 0.1) is 4.91 Å². The molecule has 0 radical (unpaired) electrons. The summed E-state index contributed by atoms with van der Waals surface area (Å²) in [4.78, 5) is 33.3. The van der Waals surface area contributed by atoms with E-state index in [1.165, 1.54) is 12.8 Å². The molecular formula is C24H28N6O2. The lowest BCUT2D eigenvalue weighted by Crippen LogP contribution is -2.39. The van der Waals surface area contributed by atoms with E-state index in [0.717, 1.165) is 62.4 Å². The monoisotopic (exact) mass is 432 g/mol. The number of hydrogen-bond donors (Lipinski definition) is 0. The number of fused-ring (bicyclic) bond motifs is 1. The van der Waals surface area contributed by atoms with E-state index in [-0.39, 0.29) is 11.9 Å². The van der Waals surface area contributed by atoms with Crippen LogP contribution in [0.1, 0.15) is 55.9 Å². The van der Waals surface area contributed by atoms with Gasteiger partial charge in [-0.1, -0.05) is 25.0 Å². The quantitative estimate of drug-likeness (QED) is 0.553. The highest BCUT2D eigenvalue weighted by Gasteiger charge is 2.27. The van der Waals surface area contributed by atoms with Gasteiger partial charge in [0, 0.05) is 43.4 Å². The average Bonchev–Trinajstić information content (AvgIpc) is 3.46. The smallest absolute Gasteiger partial charge is 0.272 e. The highest BCUT2D eigenvalue weighted by atomic mass is 16.3. The first kappa shape index (κ1) is 20.6. The van der Waals surface area contributed by atoms with Crippen LogP contribution in [0.25, 0.3) is 16.9 Å². The average molecular weight is 433 g/mol. The molecule has 5 rings (SSSR count). The van der Waals surface area contributed by atoms with Crippen molar-refractivity contribution >= 4 is 23.1 Å². The van der Waals surface area contributed by atoms with Crippen molar-refractivity contribution in [2.24, 2.45) is 5.18 Å².